The minimum atomic E-state index is -1.37. The van der Waals surface area contributed by atoms with Gasteiger partial charge in [0.2, 0.25) is 5.91 Å². The highest BCUT2D eigenvalue weighted by Crippen LogP contribution is 2.06. The number of carbonyl (C=O) groups excluding carboxylic acids is 2. The summed E-state index contributed by atoms with van der Waals surface area (Å²) in [6.45, 7) is 2.36. The zero-order chi connectivity index (χ0) is 18.2. The molecule has 0 spiro atoms. The fourth-order valence-electron chi connectivity index (χ4n) is 2.29. The van der Waals surface area contributed by atoms with Crippen molar-refractivity contribution in [2.45, 2.75) is 26.4 Å². The van der Waals surface area contributed by atoms with Gasteiger partial charge in [-0.1, -0.05) is 35.9 Å². The Labute approximate surface area is 145 Å². The summed E-state index contributed by atoms with van der Waals surface area (Å²) >= 11 is 0. The number of hydrogen-bond acceptors (Lipinski definition) is 4. The van der Waals surface area contributed by atoms with Gasteiger partial charge in [-0.05, 0) is 18.6 Å². The molecule has 0 aliphatic carbocycles. The largest absolute Gasteiger partial charge is 0.350 e. The van der Waals surface area contributed by atoms with Crippen LogP contribution < -0.4 is 10.9 Å². The number of nitrogens with one attached hydrogen (secondary N) is 1. The highest BCUT2D eigenvalue weighted by molar-refractivity contribution is 6.03. The highest BCUT2D eigenvalue weighted by Gasteiger charge is 2.25. The molecule has 0 aliphatic rings. The van der Waals surface area contributed by atoms with E-state index >= 15 is 0 Å². The summed E-state index contributed by atoms with van der Waals surface area (Å²) < 4.78 is 1.37. The molecule has 1 N–H and O–H groups in total. The first-order chi connectivity index (χ1) is 12.0. The quantitative estimate of drug-likeness (QED) is 0.776. The van der Waals surface area contributed by atoms with Crippen molar-refractivity contribution in [3.8, 4) is 6.07 Å². The molecule has 0 saturated heterocycles. The third-order valence-electron chi connectivity index (χ3n) is 3.80. The second kappa shape index (κ2) is 8.60. The van der Waals surface area contributed by atoms with Gasteiger partial charge in [-0.2, -0.15) is 5.26 Å². The highest BCUT2D eigenvalue weighted by atomic mass is 16.2. The summed E-state index contributed by atoms with van der Waals surface area (Å²) in [6.07, 6.45) is 1.51. The van der Waals surface area contributed by atoms with E-state index in [1.54, 1.807) is 24.4 Å². The number of benzene rings is 1. The Bertz CT molecular complexity index is 847. The molecule has 1 amide bonds. The van der Waals surface area contributed by atoms with E-state index in [0.29, 0.717) is 0 Å². The molecule has 1 aromatic heterocycles. The predicted molar refractivity (Wildman–Crippen MR) is 92.5 cm³/mol. The Morgan fingerprint density at radius 2 is 1.92 bits per heavy atom. The van der Waals surface area contributed by atoms with Crippen molar-refractivity contribution in [3.05, 3.63) is 70.1 Å². The maximum absolute atomic E-state index is 12.2. The molecule has 0 radical (unpaired) electrons. The zero-order valence-electron chi connectivity index (χ0n) is 13.9. The van der Waals surface area contributed by atoms with E-state index in [9.17, 15) is 14.4 Å². The van der Waals surface area contributed by atoms with Crippen molar-refractivity contribution in [1.82, 2.24) is 9.88 Å². The van der Waals surface area contributed by atoms with Crippen LogP contribution in [0.15, 0.2) is 53.5 Å². The number of pyridine rings is 1. The topological polar surface area (TPSA) is 92.0 Å². The first-order valence-corrected chi connectivity index (χ1v) is 7.92. The molecule has 1 unspecified atom stereocenters. The number of Topliss-reactive ketones (excluding diaryl/α,β-unsaturated/α-hetero) is 1. The predicted octanol–water partition coefficient (Wildman–Crippen LogP) is 1.57. The van der Waals surface area contributed by atoms with Gasteiger partial charge in [-0.3, -0.25) is 14.4 Å². The summed E-state index contributed by atoms with van der Waals surface area (Å²) in [5.41, 5.74) is 1.77. The van der Waals surface area contributed by atoms with E-state index in [0.717, 1.165) is 11.1 Å². The Morgan fingerprint density at radius 1 is 1.20 bits per heavy atom. The van der Waals surface area contributed by atoms with Gasteiger partial charge in [-0.25, -0.2) is 0 Å². The van der Waals surface area contributed by atoms with Crippen molar-refractivity contribution in [1.29, 1.82) is 5.26 Å². The molecule has 0 aliphatic heterocycles. The number of nitrogens with zero attached hydrogens (tertiary/aromatic N) is 2. The van der Waals surface area contributed by atoms with Gasteiger partial charge in [0.15, 0.2) is 11.7 Å². The van der Waals surface area contributed by atoms with Crippen molar-refractivity contribution < 1.29 is 9.59 Å². The number of aryl methyl sites for hydroxylation is 2. The van der Waals surface area contributed by atoms with E-state index < -0.39 is 17.6 Å². The number of aromatic nitrogens is 1. The molecule has 128 valence electrons. The third kappa shape index (κ3) is 5.15. The van der Waals surface area contributed by atoms with Crippen LogP contribution in [-0.2, 0) is 22.7 Å². The fourth-order valence-corrected chi connectivity index (χ4v) is 2.29. The lowest BCUT2D eigenvalue weighted by Crippen LogP contribution is -2.35. The van der Waals surface area contributed by atoms with Gasteiger partial charge in [0.05, 0.1) is 6.07 Å². The van der Waals surface area contributed by atoms with Crippen molar-refractivity contribution in [3.63, 3.8) is 0 Å². The molecule has 1 heterocycles. The van der Waals surface area contributed by atoms with Crippen molar-refractivity contribution >= 4 is 11.7 Å². The Balaban J connectivity index is 1.91. The van der Waals surface area contributed by atoms with Crippen LogP contribution in [0.1, 0.15) is 17.5 Å². The molecule has 6 heteroatoms. The molecule has 25 heavy (non-hydrogen) atoms. The summed E-state index contributed by atoms with van der Waals surface area (Å²) in [4.78, 5) is 35.9. The number of ketones is 1. The van der Waals surface area contributed by atoms with E-state index in [1.165, 1.54) is 10.6 Å². The Morgan fingerprint density at radius 3 is 2.56 bits per heavy atom. The van der Waals surface area contributed by atoms with Gasteiger partial charge in [0.25, 0.3) is 5.56 Å². The summed E-state index contributed by atoms with van der Waals surface area (Å²) in [6, 6.07) is 14.0. The maximum atomic E-state index is 12.2. The smallest absolute Gasteiger partial charge is 0.250 e. The molecule has 2 rings (SSSR count). The Kier molecular flexibility index (Phi) is 6.24. The SMILES string of the molecule is Cc1ccc(CNC(=O)C(C#N)C(=O)CCn2ccccc2=O)cc1. The minimum Gasteiger partial charge on any atom is -0.350 e. The monoisotopic (exact) mass is 337 g/mol. The van der Waals surface area contributed by atoms with E-state index in [2.05, 4.69) is 5.32 Å². The lowest BCUT2D eigenvalue weighted by atomic mass is 10.0. The van der Waals surface area contributed by atoms with Crippen LogP contribution in [0.3, 0.4) is 0 Å². The zero-order valence-corrected chi connectivity index (χ0v) is 13.9. The van der Waals surface area contributed by atoms with Crippen LogP contribution in [0.5, 0.6) is 0 Å². The molecular formula is C19H19N3O3. The first-order valence-electron chi connectivity index (χ1n) is 7.92. The maximum Gasteiger partial charge on any atom is 0.250 e. The standard InChI is InChI=1S/C19H19N3O3/c1-14-5-7-15(8-6-14)13-21-19(25)16(12-20)17(23)9-11-22-10-3-2-4-18(22)24/h2-8,10,16H,9,11,13H2,1H3,(H,21,25). The molecule has 0 bridgehead atoms. The van der Waals surface area contributed by atoms with Gasteiger partial charge < -0.3 is 9.88 Å². The lowest BCUT2D eigenvalue weighted by molar-refractivity contribution is -0.131. The van der Waals surface area contributed by atoms with Crippen LogP contribution in [0, 0.1) is 24.2 Å². The molecule has 6 nitrogen and oxygen atoms in total. The van der Waals surface area contributed by atoms with Crippen LogP contribution in [0.25, 0.3) is 0 Å². The minimum absolute atomic E-state index is 0.0555. The van der Waals surface area contributed by atoms with Gasteiger partial charge in [-0.15, -0.1) is 0 Å². The van der Waals surface area contributed by atoms with Crippen molar-refractivity contribution in [2.75, 3.05) is 0 Å². The van der Waals surface area contributed by atoms with Crippen LogP contribution in [0.2, 0.25) is 0 Å². The summed E-state index contributed by atoms with van der Waals surface area (Å²) in [5, 5.41) is 11.8. The number of carbonyl (C=O) groups is 2. The van der Waals surface area contributed by atoms with Gasteiger partial charge >= 0.3 is 0 Å². The average Bonchev–Trinajstić information content (AvgIpc) is 2.61. The number of amides is 1. The lowest BCUT2D eigenvalue weighted by Gasteiger charge is -2.10. The second-order valence-corrected chi connectivity index (χ2v) is 5.71. The van der Waals surface area contributed by atoms with Crippen molar-refractivity contribution in [2.24, 2.45) is 5.92 Å². The number of hydrogen-bond donors (Lipinski definition) is 1. The van der Waals surface area contributed by atoms with Crippen LogP contribution in [-0.4, -0.2) is 16.3 Å². The number of rotatable bonds is 7. The molecular weight excluding hydrogens is 318 g/mol. The molecule has 1 atom stereocenters. The Hall–Kier alpha value is -3.20. The molecule has 1 aromatic carbocycles. The van der Waals surface area contributed by atoms with Gasteiger partial charge in [0, 0.05) is 31.8 Å². The van der Waals surface area contributed by atoms with Gasteiger partial charge in [0.1, 0.15) is 0 Å². The first kappa shape index (κ1) is 18.1. The average molecular weight is 337 g/mol. The van der Waals surface area contributed by atoms with E-state index in [1.807, 2.05) is 31.2 Å². The van der Waals surface area contributed by atoms with E-state index in [-0.39, 0.29) is 25.1 Å². The second-order valence-electron chi connectivity index (χ2n) is 5.71. The molecule has 0 fully saturated rings. The van der Waals surface area contributed by atoms with Crippen LogP contribution in [0.4, 0.5) is 0 Å². The summed E-state index contributed by atoms with van der Waals surface area (Å²) in [7, 11) is 0. The third-order valence-corrected chi connectivity index (χ3v) is 3.80. The van der Waals surface area contributed by atoms with E-state index in [4.69, 9.17) is 5.26 Å². The normalized spacial score (nSPS) is 11.4. The molecule has 0 saturated carbocycles. The summed E-state index contributed by atoms with van der Waals surface area (Å²) in [5.74, 6) is -2.49. The number of nitriles is 1. The molecule has 2 aromatic rings. The van der Waals surface area contributed by atoms with Crippen LogP contribution >= 0.6 is 0 Å². The fraction of sp³-hybridized carbons (Fsp3) is 0.263.